The van der Waals surface area contributed by atoms with Crippen molar-refractivity contribution in [1.29, 1.82) is 0 Å². The minimum absolute atomic E-state index is 0.0695. The number of carbonyl (C=O) groups is 2. The summed E-state index contributed by atoms with van der Waals surface area (Å²) in [6, 6.07) is 9.72. The molecule has 132 valence electrons. The molecule has 0 saturated carbocycles. The van der Waals surface area contributed by atoms with Crippen molar-refractivity contribution < 1.29 is 23.5 Å². The van der Waals surface area contributed by atoms with Gasteiger partial charge in [0, 0.05) is 10.2 Å². The van der Waals surface area contributed by atoms with E-state index in [-0.39, 0.29) is 5.75 Å². The van der Waals surface area contributed by atoms with Crippen molar-refractivity contribution in [1.82, 2.24) is 0 Å². The number of aryl methyl sites for hydroxylation is 1. The number of hydrogen-bond donors (Lipinski definition) is 1. The molecule has 0 fully saturated rings. The van der Waals surface area contributed by atoms with Gasteiger partial charge in [0.2, 0.25) is 0 Å². The fraction of sp³-hybridized carbons (Fsp3) is 0.222. The van der Waals surface area contributed by atoms with Crippen molar-refractivity contribution in [2.24, 2.45) is 0 Å². The number of halogens is 2. The second-order valence-electron chi connectivity index (χ2n) is 5.32. The Morgan fingerprint density at radius 1 is 1.16 bits per heavy atom. The zero-order valence-corrected chi connectivity index (χ0v) is 15.4. The molecule has 5 nitrogen and oxygen atoms in total. The summed E-state index contributed by atoms with van der Waals surface area (Å²) in [7, 11) is 0. The average Bonchev–Trinajstić information content (AvgIpc) is 2.56. The monoisotopic (exact) mass is 409 g/mol. The minimum Gasteiger partial charge on any atom is -0.479 e. The smallest absolute Gasteiger partial charge is 0.344 e. The molecule has 1 N–H and O–H groups in total. The van der Waals surface area contributed by atoms with Crippen LogP contribution in [-0.2, 0) is 14.3 Å². The zero-order chi connectivity index (χ0) is 18.4. The van der Waals surface area contributed by atoms with Crippen molar-refractivity contribution in [3.8, 4) is 5.75 Å². The standard InChI is InChI=1S/C18H17BrFNO4/c1-11-4-3-5-15(12(11)2)21-17(22)9-25-18(23)10-24-16-7-6-13(19)8-14(16)20/h3-8H,9-10H2,1-2H3,(H,21,22). The highest BCUT2D eigenvalue weighted by Crippen LogP contribution is 2.21. The van der Waals surface area contributed by atoms with E-state index in [0.717, 1.165) is 11.1 Å². The fourth-order valence-electron chi connectivity index (χ4n) is 1.99. The van der Waals surface area contributed by atoms with Gasteiger partial charge in [-0.1, -0.05) is 28.1 Å². The van der Waals surface area contributed by atoms with Crippen LogP contribution in [0, 0.1) is 19.7 Å². The van der Waals surface area contributed by atoms with E-state index in [1.807, 2.05) is 26.0 Å². The van der Waals surface area contributed by atoms with Crippen LogP contribution < -0.4 is 10.1 Å². The first kappa shape index (κ1) is 18.9. The van der Waals surface area contributed by atoms with E-state index < -0.39 is 30.9 Å². The maximum absolute atomic E-state index is 13.6. The summed E-state index contributed by atoms with van der Waals surface area (Å²) >= 11 is 3.12. The molecular weight excluding hydrogens is 393 g/mol. The number of rotatable bonds is 6. The lowest BCUT2D eigenvalue weighted by Gasteiger charge is -2.11. The summed E-state index contributed by atoms with van der Waals surface area (Å²) in [5.74, 6) is -1.90. The average molecular weight is 410 g/mol. The van der Waals surface area contributed by atoms with Crippen LogP contribution in [0.2, 0.25) is 0 Å². The molecular formula is C18H17BrFNO4. The Morgan fingerprint density at radius 3 is 2.64 bits per heavy atom. The predicted octanol–water partition coefficient (Wildman–Crippen LogP) is 3.77. The Balaban J connectivity index is 1.79. The van der Waals surface area contributed by atoms with Crippen LogP contribution in [0.3, 0.4) is 0 Å². The largest absolute Gasteiger partial charge is 0.479 e. The SMILES string of the molecule is Cc1cccc(NC(=O)COC(=O)COc2ccc(Br)cc2F)c1C. The molecule has 0 heterocycles. The van der Waals surface area contributed by atoms with Gasteiger partial charge in [0.05, 0.1) is 0 Å². The molecule has 2 rings (SSSR count). The number of hydrogen-bond acceptors (Lipinski definition) is 4. The Morgan fingerprint density at radius 2 is 1.92 bits per heavy atom. The van der Waals surface area contributed by atoms with Gasteiger partial charge < -0.3 is 14.8 Å². The van der Waals surface area contributed by atoms with E-state index in [9.17, 15) is 14.0 Å². The molecule has 0 radical (unpaired) electrons. The molecule has 7 heteroatoms. The number of nitrogens with one attached hydrogen (secondary N) is 1. The summed E-state index contributed by atoms with van der Waals surface area (Å²) in [5.41, 5.74) is 2.64. The van der Waals surface area contributed by atoms with Crippen molar-refractivity contribution in [2.45, 2.75) is 13.8 Å². The van der Waals surface area contributed by atoms with E-state index in [1.165, 1.54) is 12.1 Å². The van der Waals surface area contributed by atoms with Crippen molar-refractivity contribution >= 4 is 33.5 Å². The summed E-state index contributed by atoms with van der Waals surface area (Å²) < 4.78 is 24.0. The third-order valence-electron chi connectivity index (χ3n) is 3.48. The Labute approximate surface area is 153 Å². The second kappa shape index (κ2) is 8.62. The first-order valence-electron chi connectivity index (χ1n) is 7.46. The number of ether oxygens (including phenoxy) is 2. The predicted molar refractivity (Wildman–Crippen MR) is 95.1 cm³/mol. The van der Waals surface area contributed by atoms with Gasteiger partial charge in [0.25, 0.3) is 5.91 Å². The normalized spacial score (nSPS) is 10.2. The highest BCUT2D eigenvalue weighted by molar-refractivity contribution is 9.10. The molecule has 0 unspecified atom stereocenters. The topological polar surface area (TPSA) is 64.6 Å². The Kier molecular flexibility index (Phi) is 6.52. The molecule has 25 heavy (non-hydrogen) atoms. The second-order valence-corrected chi connectivity index (χ2v) is 6.24. The highest BCUT2D eigenvalue weighted by atomic mass is 79.9. The molecule has 0 aromatic heterocycles. The zero-order valence-electron chi connectivity index (χ0n) is 13.8. The van der Waals surface area contributed by atoms with Crippen molar-refractivity contribution in [3.05, 3.63) is 57.8 Å². The summed E-state index contributed by atoms with van der Waals surface area (Å²) in [4.78, 5) is 23.5. The van der Waals surface area contributed by atoms with E-state index >= 15 is 0 Å². The van der Waals surface area contributed by atoms with Gasteiger partial charge in [-0.05, 0) is 49.2 Å². The lowest BCUT2D eigenvalue weighted by molar-refractivity contribution is -0.149. The molecule has 0 atom stereocenters. The number of benzene rings is 2. The van der Waals surface area contributed by atoms with Crippen LogP contribution in [0.5, 0.6) is 5.75 Å². The molecule has 0 aliphatic carbocycles. The fourth-order valence-corrected chi connectivity index (χ4v) is 2.32. The first-order chi connectivity index (χ1) is 11.9. The van der Waals surface area contributed by atoms with Crippen molar-refractivity contribution in [3.63, 3.8) is 0 Å². The van der Waals surface area contributed by atoms with Crippen LogP contribution in [0.4, 0.5) is 10.1 Å². The number of anilines is 1. The van der Waals surface area contributed by atoms with Gasteiger partial charge in [0.15, 0.2) is 24.8 Å². The molecule has 0 saturated heterocycles. The van der Waals surface area contributed by atoms with E-state index in [0.29, 0.717) is 10.2 Å². The van der Waals surface area contributed by atoms with Gasteiger partial charge >= 0.3 is 5.97 Å². The molecule has 1 amide bonds. The van der Waals surface area contributed by atoms with Crippen LogP contribution in [-0.4, -0.2) is 25.1 Å². The van der Waals surface area contributed by atoms with E-state index in [2.05, 4.69) is 21.2 Å². The van der Waals surface area contributed by atoms with E-state index in [1.54, 1.807) is 12.1 Å². The van der Waals surface area contributed by atoms with Crippen LogP contribution >= 0.6 is 15.9 Å². The minimum atomic E-state index is -0.765. The first-order valence-corrected chi connectivity index (χ1v) is 8.25. The van der Waals surface area contributed by atoms with Gasteiger partial charge in [-0.2, -0.15) is 0 Å². The quantitative estimate of drug-likeness (QED) is 0.737. The van der Waals surface area contributed by atoms with Crippen molar-refractivity contribution in [2.75, 3.05) is 18.5 Å². The highest BCUT2D eigenvalue weighted by Gasteiger charge is 2.12. The summed E-state index contributed by atoms with van der Waals surface area (Å²) in [6.07, 6.45) is 0. The summed E-state index contributed by atoms with van der Waals surface area (Å²) in [5, 5.41) is 2.67. The molecule has 0 spiro atoms. The maximum atomic E-state index is 13.6. The van der Waals surface area contributed by atoms with Crippen LogP contribution in [0.25, 0.3) is 0 Å². The van der Waals surface area contributed by atoms with Gasteiger partial charge in [-0.15, -0.1) is 0 Å². The van der Waals surface area contributed by atoms with Gasteiger partial charge in [-0.25, -0.2) is 9.18 Å². The third kappa shape index (κ3) is 5.56. The molecule has 0 bridgehead atoms. The number of amides is 1. The third-order valence-corrected chi connectivity index (χ3v) is 3.98. The summed E-state index contributed by atoms with van der Waals surface area (Å²) in [6.45, 7) is 2.88. The molecule has 2 aromatic carbocycles. The lowest BCUT2D eigenvalue weighted by atomic mass is 10.1. The number of esters is 1. The Hall–Kier alpha value is -2.41. The van der Waals surface area contributed by atoms with Crippen LogP contribution in [0.15, 0.2) is 40.9 Å². The molecule has 0 aliphatic rings. The van der Waals surface area contributed by atoms with E-state index in [4.69, 9.17) is 9.47 Å². The van der Waals surface area contributed by atoms with Gasteiger partial charge in [-0.3, -0.25) is 4.79 Å². The molecule has 2 aromatic rings. The van der Waals surface area contributed by atoms with Gasteiger partial charge in [0.1, 0.15) is 0 Å². The van der Waals surface area contributed by atoms with Crippen LogP contribution in [0.1, 0.15) is 11.1 Å². The lowest BCUT2D eigenvalue weighted by Crippen LogP contribution is -2.24. The molecule has 0 aliphatic heterocycles. The number of carbonyl (C=O) groups excluding carboxylic acids is 2. The maximum Gasteiger partial charge on any atom is 0.344 e. The Bertz CT molecular complexity index is 795.